The lowest BCUT2D eigenvalue weighted by Gasteiger charge is -2.23. The lowest BCUT2D eigenvalue weighted by Crippen LogP contribution is -2.11. The van der Waals surface area contributed by atoms with Crippen LogP contribution in [-0.2, 0) is 6.18 Å². The van der Waals surface area contributed by atoms with Gasteiger partial charge in [-0.3, -0.25) is 0 Å². The van der Waals surface area contributed by atoms with E-state index in [1.807, 2.05) is 48.5 Å². The summed E-state index contributed by atoms with van der Waals surface area (Å²) in [6.07, 6.45) is -4.67. The van der Waals surface area contributed by atoms with E-state index in [9.17, 15) is 5.26 Å². The molecule has 0 unspecified atom stereocenters. The predicted molar refractivity (Wildman–Crippen MR) is 240 cm³/mol. The van der Waals surface area contributed by atoms with Crippen molar-refractivity contribution in [3.05, 3.63) is 191 Å². The van der Waals surface area contributed by atoms with Gasteiger partial charge in [-0.1, -0.05) is 138 Å². The van der Waals surface area contributed by atoms with Crippen LogP contribution in [0, 0.1) is 39.0 Å². The van der Waals surface area contributed by atoms with Crippen molar-refractivity contribution in [2.24, 2.45) is 0 Å². The molecular weight excluding hydrogens is 748 g/mol. The molecule has 0 bridgehead atoms. The Bertz CT molecular complexity index is 3200. The third-order valence-corrected chi connectivity index (χ3v) is 11.7. The second-order valence-corrected chi connectivity index (χ2v) is 16.0. The zero-order chi connectivity index (χ0) is 41.4. The highest BCUT2D eigenvalue weighted by atomic mass is 19.4. The van der Waals surface area contributed by atoms with Crippen molar-refractivity contribution in [2.45, 2.75) is 33.9 Å². The average Bonchev–Trinajstić information content (AvgIpc) is 3.74. The maximum absolute atomic E-state index is 15.4. The predicted octanol–water partition coefficient (Wildman–Crippen LogP) is 15.0. The maximum Gasteiger partial charge on any atom is 0.417 e. The van der Waals surface area contributed by atoms with Gasteiger partial charge in [0, 0.05) is 27.1 Å². The Morgan fingerprint density at radius 3 is 1.30 bits per heavy atom. The maximum atomic E-state index is 15.4. The van der Waals surface area contributed by atoms with E-state index in [0.717, 1.165) is 94.2 Å². The van der Waals surface area contributed by atoms with Gasteiger partial charge in [-0.05, 0) is 98.0 Å². The number of benzene rings is 8. The number of nitriles is 1. The third kappa shape index (κ3) is 6.05. The van der Waals surface area contributed by atoms with Gasteiger partial charge in [0.05, 0.1) is 50.6 Å². The number of fused-ring (bicyclic) bond motifs is 6. The number of nitrogens with zero attached hydrogens (tertiary/aromatic N) is 3. The van der Waals surface area contributed by atoms with Crippen LogP contribution in [0.15, 0.2) is 158 Å². The highest BCUT2D eigenvalue weighted by molar-refractivity contribution is 6.13. The first-order valence-electron chi connectivity index (χ1n) is 20.0. The van der Waals surface area contributed by atoms with Gasteiger partial charge >= 0.3 is 6.18 Å². The molecule has 0 aliphatic heterocycles. The number of halogens is 3. The largest absolute Gasteiger partial charge is 0.417 e. The van der Waals surface area contributed by atoms with Crippen LogP contribution in [0.4, 0.5) is 13.2 Å². The summed E-state index contributed by atoms with van der Waals surface area (Å²) in [5.41, 5.74) is 12.7. The van der Waals surface area contributed by atoms with Gasteiger partial charge < -0.3 is 9.13 Å². The standard InChI is InChI=1S/C54H38F3N3/c1-32-21-33(2)24-39(23-32)37-17-19-43-41-11-6-9-15-47(41)59(49(43)29-37)51-27-36(31-58)28-52(53(51)45-13-5-8-14-46(45)54(55,56)57)60-48-16-10-7-12-42(48)44-20-18-38(30-50(44)60)40-25-34(3)22-35(4)26-40/h5-30H,1-4H3. The molecule has 0 fully saturated rings. The minimum atomic E-state index is -4.67. The fourth-order valence-electron chi connectivity index (χ4n) is 9.36. The Hall–Kier alpha value is -7.36. The topological polar surface area (TPSA) is 33.6 Å². The second-order valence-electron chi connectivity index (χ2n) is 16.0. The summed E-state index contributed by atoms with van der Waals surface area (Å²) in [6.45, 7) is 8.30. The molecule has 2 aromatic heterocycles. The smallest absolute Gasteiger partial charge is 0.308 e. The molecular formula is C54H38F3N3. The number of aryl methyl sites for hydroxylation is 4. The molecule has 0 saturated carbocycles. The molecule has 0 aliphatic rings. The summed E-state index contributed by atoms with van der Waals surface area (Å²) in [7, 11) is 0. The van der Waals surface area contributed by atoms with Crippen molar-refractivity contribution >= 4 is 43.6 Å². The molecule has 0 atom stereocenters. The van der Waals surface area contributed by atoms with Crippen molar-refractivity contribution in [2.75, 3.05) is 0 Å². The fraction of sp³-hybridized carbons (Fsp3) is 0.0926. The second kappa shape index (κ2) is 13.9. The number of hydrogen-bond acceptors (Lipinski definition) is 1. The summed E-state index contributed by atoms with van der Waals surface area (Å²) in [5, 5.41) is 14.6. The van der Waals surface area contributed by atoms with Crippen LogP contribution in [-0.4, -0.2) is 9.13 Å². The Kier molecular flexibility index (Phi) is 8.55. The minimum Gasteiger partial charge on any atom is -0.308 e. The lowest BCUT2D eigenvalue weighted by atomic mass is 9.93. The van der Waals surface area contributed by atoms with Crippen LogP contribution in [0.2, 0.25) is 0 Å². The van der Waals surface area contributed by atoms with Gasteiger partial charge in [-0.25, -0.2) is 0 Å². The van der Waals surface area contributed by atoms with Crippen LogP contribution < -0.4 is 0 Å². The molecule has 3 nitrogen and oxygen atoms in total. The van der Waals surface area contributed by atoms with E-state index < -0.39 is 11.7 Å². The monoisotopic (exact) mass is 785 g/mol. The molecule has 10 rings (SSSR count). The summed E-state index contributed by atoms with van der Waals surface area (Å²) in [5.74, 6) is 0. The molecule has 0 radical (unpaired) electrons. The fourth-order valence-corrected chi connectivity index (χ4v) is 9.36. The summed E-state index contributed by atoms with van der Waals surface area (Å²) < 4.78 is 50.3. The minimum absolute atomic E-state index is 0.0206. The van der Waals surface area contributed by atoms with E-state index in [-0.39, 0.29) is 5.56 Å². The number of alkyl halides is 3. The van der Waals surface area contributed by atoms with E-state index in [4.69, 9.17) is 0 Å². The van der Waals surface area contributed by atoms with Crippen molar-refractivity contribution in [1.29, 1.82) is 5.26 Å². The molecule has 290 valence electrons. The summed E-state index contributed by atoms with van der Waals surface area (Å²) in [4.78, 5) is 0. The summed E-state index contributed by atoms with van der Waals surface area (Å²) >= 11 is 0. The Morgan fingerprint density at radius 1 is 0.433 bits per heavy atom. The molecule has 2 heterocycles. The molecule has 0 spiro atoms. The van der Waals surface area contributed by atoms with Crippen LogP contribution in [0.3, 0.4) is 0 Å². The normalized spacial score (nSPS) is 11.9. The zero-order valence-corrected chi connectivity index (χ0v) is 33.5. The average molecular weight is 786 g/mol. The number of aromatic nitrogens is 2. The molecule has 0 aliphatic carbocycles. The Labute approximate surface area is 345 Å². The molecule has 0 N–H and O–H groups in total. The first-order valence-corrected chi connectivity index (χ1v) is 20.0. The highest BCUT2D eigenvalue weighted by Gasteiger charge is 2.35. The zero-order valence-electron chi connectivity index (χ0n) is 33.5. The van der Waals surface area contributed by atoms with Crippen LogP contribution >= 0.6 is 0 Å². The van der Waals surface area contributed by atoms with Gasteiger partial charge in [0.1, 0.15) is 0 Å². The van der Waals surface area contributed by atoms with Crippen molar-refractivity contribution < 1.29 is 13.2 Å². The molecule has 8 aromatic carbocycles. The number of para-hydroxylation sites is 2. The number of rotatable bonds is 5. The van der Waals surface area contributed by atoms with E-state index in [0.29, 0.717) is 22.5 Å². The van der Waals surface area contributed by atoms with Gasteiger partial charge in [-0.2, -0.15) is 18.4 Å². The van der Waals surface area contributed by atoms with E-state index in [2.05, 4.69) is 116 Å². The Morgan fingerprint density at radius 2 is 0.850 bits per heavy atom. The molecule has 10 aromatic rings. The molecule has 60 heavy (non-hydrogen) atoms. The van der Waals surface area contributed by atoms with Crippen LogP contribution in [0.5, 0.6) is 0 Å². The van der Waals surface area contributed by atoms with E-state index in [1.54, 1.807) is 24.3 Å². The van der Waals surface area contributed by atoms with E-state index in [1.165, 1.54) is 6.07 Å². The molecule has 0 amide bonds. The van der Waals surface area contributed by atoms with Crippen LogP contribution in [0.1, 0.15) is 33.4 Å². The van der Waals surface area contributed by atoms with Gasteiger partial charge in [0.25, 0.3) is 0 Å². The van der Waals surface area contributed by atoms with Crippen LogP contribution in [0.25, 0.3) is 88.4 Å². The first-order chi connectivity index (χ1) is 29.0. The third-order valence-electron chi connectivity index (χ3n) is 11.7. The SMILES string of the molecule is Cc1cc(C)cc(-c2ccc3c4ccccc4n(-c4cc(C#N)cc(-n5c6ccccc6c6ccc(-c7cc(C)cc(C)c7)cc65)c4-c4ccccc4C(F)(F)F)c3c2)c1. The Balaban J connectivity index is 1.39. The highest BCUT2D eigenvalue weighted by Crippen LogP contribution is 2.47. The summed E-state index contributed by atoms with van der Waals surface area (Å²) in [6, 6.07) is 53.2. The quantitative estimate of drug-likeness (QED) is 0.171. The van der Waals surface area contributed by atoms with Crippen molar-refractivity contribution in [3.63, 3.8) is 0 Å². The van der Waals surface area contributed by atoms with Crippen molar-refractivity contribution in [3.8, 4) is 50.8 Å². The molecule has 6 heteroatoms. The first kappa shape index (κ1) is 36.9. The van der Waals surface area contributed by atoms with Gasteiger partial charge in [-0.15, -0.1) is 0 Å². The van der Waals surface area contributed by atoms with Gasteiger partial charge in [0.15, 0.2) is 0 Å². The molecule has 0 saturated heterocycles. The lowest BCUT2D eigenvalue weighted by molar-refractivity contribution is -0.137. The van der Waals surface area contributed by atoms with Crippen molar-refractivity contribution in [1.82, 2.24) is 9.13 Å². The number of hydrogen-bond donors (Lipinski definition) is 0. The van der Waals surface area contributed by atoms with Gasteiger partial charge in [0.2, 0.25) is 0 Å². The van der Waals surface area contributed by atoms with E-state index >= 15 is 13.2 Å².